The zero-order valence-corrected chi connectivity index (χ0v) is 19.6. The quantitative estimate of drug-likeness (QED) is 0.262. The number of hydrogen-bond acceptors (Lipinski definition) is 9. The van der Waals surface area contributed by atoms with E-state index in [0.29, 0.717) is 30.9 Å². The van der Waals surface area contributed by atoms with Crippen molar-refractivity contribution in [1.29, 1.82) is 0 Å². The number of hydrogen-bond donors (Lipinski definition) is 1. The normalized spacial score (nSPS) is 23.8. The minimum atomic E-state index is -3.58. The highest BCUT2D eigenvalue weighted by Gasteiger charge is 2.50. The van der Waals surface area contributed by atoms with Crippen LogP contribution in [0, 0.1) is 17.8 Å². The van der Waals surface area contributed by atoms with Gasteiger partial charge in [0.15, 0.2) is 0 Å². The Morgan fingerprint density at radius 3 is 2.78 bits per heavy atom. The van der Waals surface area contributed by atoms with Crippen LogP contribution in [0.4, 0.5) is 4.79 Å². The zero-order valence-electron chi connectivity index (χ0n) is 18.7. The van der Waals surface area contributed by atoms with Crippen LogP contribution >= 0.6 is 7.82 Å². The summed E-state index contributed by atoms with van der Waals surface area (Å²) in [5.74, 6) is 1.63. The van der Waals surface area contributed by atoms with Crippen LogP contribution in [-0.4, -0.2) is 67.8 Å². The van der Waals surface area contributed by atoms with Gasteiger partial charge in [-0.3, -0.25) is 18.3 Å². The molecule has 1 aromatic heterocycles. The Labute approximate surface area is 188 Å². The fourth-order valence-electron chi connectivity index (χ4n) is 4.20. The molecule has 0 bridgehead atoms. The molecule has 0 aliphatic heterocycles. The maximum absolute atomic E-state index is 12.0. The van der Waals surface area contributed by atoms with Crippen molar-refractivity contribution in [3.8, 4) is 0 Å². The number of nitrogens with one attached hydrogen (secondary N) is 1. The number of nitrogens with zero attached hydrogens (tertiary/aromatic N) is 3. The van der Waals surface area contributed by atoms with Crippen molar-refractivity contribution >= 4 is 13.9 Å². The first-order valence-electron chi connectivity index (χ1n) is 10.9. The van der Waals surface area contributed by atoms with Crippen molar-refractivity contribution in [2.45, 2.75) is 25.7 Å². The third-order valence-electron chi connectivity index (χ3n) is 5.94. The fraction of sp³-hybridized carbons (Fsp3) is 0.750. The second-order valence-corrected chi connectivity index (χ2v) is 9.64. The van der Waals surface area contributed by atoms with Crippen LogP contribution in [0.3, 0.4) is 0 Å². The summed E-state index contributed by atoms with van der Waals surface area (Å²) in [5, 5.41) is 11.1. The Kier molecular flexibility index (Phi) is 9.24. The van der Waals surface area contributed by atoms with Gasteiger partial charge < -0.3 is 14.8 Å². The first-order valence-corrected chi connectivity index (χ1v) is 12.3. The van der Waals surface area contributed by atoms with Crippen molar-refractivity contribution < 1.29 is 32.4 Å². The minimum Gasteiger partial charge on any atom is -0.449 e. The van der Waals surface area contributed by atoms with E-state index in [0.717, 1.165) is 31.4 Å². The molecular formula is C20H33N4O7P. The number of phosphoric ester groups is 1. The predicted molar refractivity (Wildman–Crippen MR) is 115 cm³/mol. The van der Waals surface area contributed by atoms with E-state index in [1.807, 2.05) is 11.7 Å². The Morgan fingerprint density at radius 1 is 1.25 bits per heavy atom. The molecule has 1 unspecified atom stereocenters. The number of carbonyl (C=O) groups excluding carboxylic acids is 1. The first kappa shape index (κ1) is 24.9. The zero-order chi connectivity index (χ0) is 23.0. The van der Waals surface area contributed by atoms with Crippen LogP contribution < -0.4 is 5.32 Å². The summed E-state index contributed by atoms with van der Waals surface area (Å²) in [6.07, 6.45) is 5.07. The number of amides is 1. The SMILES string of the molecule is C=CCOP(=O)(OC)OCCOCCNC(=O)OC[C@@H]1[C@@H]2CCc3c(nnn3C)CC[C@@H]21. The molecular weight excluding hydrogens is 439 g/mol. The van der Waals surface area contributed by atoms with E-state index in [2.05, 4.69) is 22.2 Å². The summed E-state index contributed by atoms with van der Waals surface area (Å²) in [6, 6.07) is 0. The van der Waals surface area contributed by atoms with Gasteiger partial charge in [-0.15, -0.1) is 11.7 Å². The fourth-order valence-corrected chi connectivity index (χ4v) is 5.07. The van der Waals surface area contributed by atoms with Crippen LogP contribution in [0.25, 0.3) is 0 Å². The number of phosphoric acid groups is 1. The van der Waals surface area contributed by atoms with Gasteiger partial charge in [-0.25, -0.2) is 9.36 Å². The summed E-state index contributed by atoms with van der Waals surface area (Å²) < 4.78 is 39.4. The van der Waals surface area contributed by atoms with Gasteiger partial charge in [0.2, 0.25) is 0 Å². The van der Waals surface area contributed by atoms with E-state index in [9.17, 15) is 9.36 Å². The molecule has 180 valence electrons. The largest absolute Gasteiger partial charge is 0.474 e. The van der Waals surface area contributed by atoms with Gasteiger partial charge in [0, 0.05) is 20.7 Å². The van der Waals surface area contributed by atoms with E-state index in [4.69, 9.17) is 23.0 Å². The van der Waals surface area contributed by atoms with Gasteiger partial charge >= 0.3 is 13.9 Å². The maximum atomic E-state index is 12.0. The lowest BCUT2D eigenvalue weighted by atomic mass is 10.0. The molecule has 4 atom stereocenters. The van der Waals surface area contributed by atoms with E-state index >= 15 is 0 Å². The third-order valence-corrected chi connectivity index (χ3v) is 7.35. The minimum absolute atomic E-state index is 0.0343. The van der Waals surface area contributed by atoms with E-state index in [1.165, 1.54) is 18.9 Å². The Morgan fingerprint density at radius 2 is 2.03 bits per heavy atom. The molecule has 0 spiro atoms. The molecule has 1 N–H and O–H groups in total. The van der Waals surface area contributed by atoms with Crippen molar-refractivity contribution in [3.05, 3.63) is 24.0 Å². The summed E-state index contributed by atoms with van der Waals surface area (Å²) in [4.78, 5) is 11.9. The van der Waals surface area contributed by atoms with Crippen molar-refractivity contribution in [1.82, 2.24) is 20.3 Å². The number of ether oxygens (including phenoxy) is 2. The second-order valence-electron chi connectivity index (χ2n) is 7.86. The number of fused-ring (bicyclic) bond motifs is 2. The highest BCUT2D eigenvalue weighted by atomic mass is 31.2. The molecule has 1 aromatic rings. The molecule has 0 saturated heterocycles. The molecule has 2 aliphatic carbocycles. The van der Waals surface area contributed by atoms with Crippen LogP contribution in [0.1, 0.15) is 24.2 Å². The van der Waals surface area contributed by atoms with Gasteiger partial charge in [-0.2, -0.15) is 0 Å². The lowest BCUT2D eigenvalue weighted by molar-refractivity contribution is 0.0735. The summed E-state index contributed by atoms with van der Waals surface area (Å²) >= 11 is 0. The molecule has 1 amide bonds. The lowest BCUT2D eigenvalue weighted by Crippen LogP contribution is -2.29. The van der Waals surface area contributed by atoms with Gasteiger partial charge in [0.1, 0.15) is 0 Å². The molecule has 3 rings (SSSR count). The Bertz CT molecular complexity index is 818. The van der Waals surface area contributed by atoms with Crippen molar-refractivity contribution in [2.75, 3.05) is 46.7 Å². The highest BCUT2D eigenvalue weighted by molar-refractivity contribution is 7.48. The average molecular weight is 472 g/mol. The standard InChI is InChI=1S/C20H33N4O7P/c1-4-10-30-32(26,27-3)31-13-12-28-11-9-21-20(25)29-14-17-15-5-7-18-19(8-6-16(15)17)24(2)23-22-18/h4,15-17H,1,5-14H2,2-3H3,(H,21,25)/t15-,16+,17-,32?/m0/s1. The number of carbonyl (C=O) groups is 1. The van der Waals surface area contributed by atoms with Crippen molar-refractivity contribution in [3.63, 3.8) is 0 Å². The first-order chi connectivity index (χ1) is 15.5. The molecule has 1 fully saturated rings. The number of aryl methyl sites for hydroxylation is 2. The van der Waals surface area contributed by atoms with Gasteiger partial charge in [0.25, 0.3) is 0 Å². The average Bonchev–Trinajstić information content (AvgIpc) is 3.32. The lowest BCUT2D eigenvalue weighted by Gasteiger charge is -2.14. The predicted octanol–water partition coefficient (Wildman–Crippen LogP) is 2.27. The van der Waals surface area contributed by atoms with Gasteiger partial charge in [0.05, 0.1) is 44.4 Å². The van der Waals surface area contributed by atoms with Crippen LogP contribution in [-0.2, 0) is 47.5 Å². The molecule has 2 aliphatic rings. The smallest absolute Gasteiger partial charge is 0.449 e. The third kappa shape index (κ3) is 6.86. The number of alkyl carbamates (subject to hydrolysis) is 1. The number of aromatic nitrogens is 3. The van der Waals surface area contributed by atoms with Crippen LogP contribution in [0.2, 0.25) is 0 Å². The van der Waals surface area contributed by atoms with Gasteiger partial charge in [-0.1, -0.05) is 11.3 Å². The Hall–Kier alpha value is -1.78. The molecule has 32 heavy (non-hydrogen) atoms. The molecule has 0 radical (unpaired) electrons. The van der Waals surface area contributed by atoms with E-state index in [1.54, 1.807) is 0 Å². The van der Waals surface area contributed by atoms with Crippen LogP contribution in [0.5, 0.6) is 0 Å². The van der Waals surface area contributed by atoms with E-state index < -0.39 is 13.9 Å². The summed E-state index contributed by atoms with van der Waals surface area (Å²) in [7, 11) is -0.397. The Balaban J connectivity index is 1.22. The monoisotopic (exact) mass is 472 g/mol. The van der Waals surface area contributed by atoms with Crippen molar-refractivity contribution in [2.24, 2.45) is 24.8 Å². The van der Waals surface area contributed by atoms with Gasteiger partial charge in [-0.05, 0) is 43.4 Å². The topological polar surface area (TPSA) is 123 Å². The summed E-state index contributed by atoms with van der Waals surface area (Å²) in [5.41, 5.74) is 2.34. The van der Waals surface area contributed by atoms with E-state index in [-0.39, 0.29) is 26.4 Å². The molecule has 11 nitrogen and oxygen atoms in total. The highest BCUT2D eigenvalue weighted by Crippen LogP contribution is 2.53. The molecule has 12 heteroatoms. The maximum Gasteiger partial charge on any atom is 0.474 e. The molecule has 1 saturated carbocycles. The summed E-state index contributed by atoms with van der Waals surface area (Å²) in [6.45, 7) is 4.76. The number of rotatable bonds is 13. The van der Waals surface area contributed by atoms with Crippen LogP contribution in [0.15, 0.2) is 12.7 Å². The molecule has 0 aromatic carbocycles. The second kappa shape index (κ2) is 11.9. The molecule has 1 heterocycles.